The van der Waals surface area contributed by atoms with Crippen molar-refractivity contribution in [2.45, 2.75) is 17.2 Å². The topological polar surface area (TPSA) is 25.8 Å². The molecule has 0 aliphatic heterocycles. The van der Waals surface area contributed by atoms with Crippen LogP contribution in [0.5, 0.6) is 0 Å². The normalized spacial score (nSPS) is 10.3. The number of unbranched alkanes of at least 4 members (excludes halogenated alkanes) is 1. The molecule has 0 N–H and O–H groups in total. The Morgan fingerprint density at radius 3 is 3.09 bits per heavy atom. The Bertz CT molecular complexity index is 176. The van der Waals surface area contributed by atoms with Gasteiger partial charge >= 0.3 is 0 Å². The van der Waals surface area contributed by atoms with E-state index in [4.69, 9.17) is 0 Å². The van der Waals surface area contributed by atoms with Crippen molar-refractivity contribution in [2.24, 2.45) is 0 Å². The summed E-state index contributed by atoms with van der Waals surface area (Å²) in [5.74, 6) is 2.12. The van der Waals surface area contributed by atoms with Gasteiger partial charge in [0.1, 0.15) is 6.33 Å². The molecular formula is C6H10N2S3. The Kier molecular flexibility index (Phi) is 4.97. The molecule has 1 rings (SSSR count). The highest BCUT2D eigenvalue weighted by Gasteiger charge is 1.95. The van der Waals surface area contributed by atoms with Gasteiger partial charge in [-0.15, -0.1) is 0 Å². The van der Waals surface area contributed by atoms with E-state index in [1.165, 1.54) is 24.4 Å². The zero-order valence-electron chi connectivity index (χ0n) is 6.06. The Balaban J connectivity index is 2.04. The first-order chi connectivity index (χ1) is 5.43. The number of hydrogen-bond donors (Lipinski definition) is 1. The molecule has 1 heterocycles. The maximum absolute atomic E-state index is 4.13. The molecule has 0 amide bonds. The second-order valence-electron chi connectivity index (χ2n) is 1.99. The van der Waals surface area contributed by atoms with Gasteiger partial charge in [0.05, 0.1) is 0 Å². The molecule has 0 aromatic carbocycles. The fraction of sp³-hybridized carbons (Fsp3) is 0.667. The maximum atomic E-state index is 4.13. The van der Waals surface area contributed by atoms with Gasteiger partial charge in [-0.1, -0.05) is 11.8 Å². The lowest BCUT2D eigenvalue weighted by molar-refractivity contribution is 0.909. The van der Waals surface area contributed by atoms with Crippen molar-refractivity contribution in [1.29, 1.82) is 0 Å². The predicted octanol–water partition coefficient (Wildman–Crippen LogP) is 2.34. The molecule has 0 radical (unpaired) electrons. The summed E-state index contributed by atoms with van der Waals surface area (Å²) in [6, 6.07) is 0. The minimum absolute atomic E-state index is 0.983. The third kappa shape index (κ3) is 3.98. The van der Waals surface area contributed by atoms with E-state index in [9.17, 15) is 0 Å². The molecular weight excluding hydrogens is 196 g/mol. The zero-order chi connectivity index (χ0) is 7.94. The van der Waals surface area contributed by atoms with Crippen LogP contribution in [0.1, 0.15) is 12.8 Å². The highest BCUT2D eigenvalue weighted by Crippen LogP contribution is 2.19. The summed E-state index contributed by atoms with van der Waals surface area (Å²) in [5, 5.41) is 0. The van der Waals surface area contributed by atoms with E-state index in [1.54, 1.807) is 18.1 Å². The monoisotopic (exact) mass is 206 g/mol. The minimum Gasteiger partial charge on any atom is -0.216 e. The number of nitrogens with zero attached hydrogens (tertiary/aromatic N) is 2. The minimum atomic E-state index is 0.983. The van der Waals surface area contributed by atoms with Gasteiger partial charge in [-0.05, 0) is 30.1 Å². The van der Waals surface area contributed by atoms with E-state index in [0.29, 0.717) is 0 Å². The van der Waals surface area contributed by atoms with E-state index >= 15 is 0 Å². The second kappa shape index (κ2) is 5.85. The van der Waals surface area contributed by atoms with Crippen LogP contribution in [-0.4, -0.2) is 20.9 Å². The SMILES string of the molecule is SCCCCSc1ncns1. The Morgan fingerprint density at radius 2 is 2.45 bits per heavy atom. The first-order valence-electron chi connectivity index (χ1n) is 3.44. The molecule has 62 valence electrons. The highest BCUT2D eigenvalue weighted by molar-refractivity contribution is 8.00. The Hall–Kier alpha value is 0.260. The summed E-state index contributed by atoms with van der Waals surface area (Å²) in [5.41, 5.74) is 0. The number of rotatable bonds is 5. The van der Waals surface area contributed by atoms with Gasteiger partial charge in [0.2, 0.25) is 0 Å². The quantitative estimate of drug-likeness (QED) is 0.455. The van der Waals surface area contributed by atoms with E-state index in [-0.39, 0.29) is 0 Å². The summed E-state index contributed by atoms with van der Waals surface area (Å²) in [6.45, 7) is 0. The lowest BCUT2D eigenvalue weighted by Crippen LogP contribution is -1.80. The number of aromatic nitrogens is 2. The van der Waals surface area contributed by atoms with Crippen molar-refractivity contribution in [3.8, 4) is 0 Å². The molecule has 0 saturated heterocycles. The lowest BCUT2D eigenvalue weighted by Gasteiger charge is -1.93. The van der Waals surface area contributed by atoms with Gasteiger partial charge in [-0.2, -0.15) is 17.0 Å². The van der Waals surface area contributed by atoms with Crippen LogP contribution in [0.2, 0.25) is 0 Å². The molecule has 2 nitrogen and oxygen atoms in total. The maximum Gasteiger partial charge on any atom is 0.169 e. The third-order valence-corrected chi connectivity index (χ3v) is 3.32. The summed E-state index contributed by atoms with van der Waals surface area (Å²) in [7, 11) is 0. The molecule has 0 spiro atoms. The van der Waals surface area contributed by atoms with Crippen LogP contribution in [0.25, 0.3) is 0 Å². The number of thiol groups is 1. The van der Waals surface area contributed by atoms with Gasteiger partial charge < -0.3 is 0 Å². The summed E-state index contributed by atoms with van der Waals surface area (Å²) < 4.78 is 4.99. The van der Waals surface area contributed by atoms with Gasteiger partial charge in [0, 0.05) is 5.75 Å². The zero-order valence-corrected chi connectivity index (χ0v) is 8.59. The van der Waals surface area contributed by atoms with Crippen molar-refractivity contribution in [3.05, 3.63) is 6.33 Å². The predicted molar refractivity (Wildman–Crippen MR) is 53.7 cm³/mol. The highest BCUT2D eigenvalue weighted by atomic mass is 32.2. The lowest BCUT2D eigenvalue weighted by atomic mass is 10.4. The molecule has 0 aliphatic carbocycles. The van der Waals surface area contributed by atoms with Crippen molar-refractivity contribution >= 4 is 35.9 Å². The van der Waals surface area contributed by atoms with Crippen LogP contribution in [0.3, 0.4) is 0 Å². The van der Waals surface area contributed by atoms with Crippen LogP contribution in [0, 0.1) is 0 Å². The first-order valence-corrected chi connectivity index (χ1v) is 5.83. The van der Waals surface area contributed by atoms with Gasteiger partial charge in [0.25, 0.3) is 0 Å². The molecule has 0 aliphatic rings. The van der Waals surface area contributed by atoms with Crippen LogP contribution in [0.15, 0.2) is 10.7 Å². The van der Waals surface area contributed by atoms with Crippen LogP contribution >= 0.6 is 35.9 Å². The molecule has 0 atom stereocenters. The molecule has 1 aromatic heterocycles. The van der Waals surface area contributed by atoms with Crippen molar-refractivity contribution in [3.63, 3.8) is 0 Å². The number of hydrogen-bond acceptors (Lipinski definition) is 5. The van der Waals surface area contributed by atoms with Crippen molar-refractivity contribution < 1.29 is 0 Å². The molecule has 1 aromatic rings. The van der Waals surface area contributed by atoms with Gasteiger partial charge in [-0.25, -0.2) is 4.98 Å². The van der Waals surface area contributed by atoms with Gasteiger partial charge in [0.15, 0.2) is 4.34 Å². The molecule has 5 heteroatoms. The molecule has 0 saturated carbocycles. The Labute approximate surface area is 80.4 Å². The fourth-order valence-corrected chi connectivity index (χ4v) is 2.34. The van der Waals surface area contributed by atoms with E-state index in [2.05, 4.69) is 22.0 Å². The number of thioether (sulfide) groups is 1. The van der Waals surface area contributed by atoms with Crippen LogP contribution in [-0.2, 0) is 0 Å². The molecule has 11 heavy (non-hydrogen) atoms. The first kappa shape index (κ1) is 9.35. The molecule has 0 unspecified atom stereocenters. The van der Waals surface area contributed by atoms with Crippen molar-refractivity contribution in [2.75, 3.05) is 11.5 Å². The van der Waals surface area contributed by atoms with Crippen LogP contribution in [0.4, 0.5) is 0 Å². The van der Waals surface area contributed by atoms with E-state index < -0.39 is 0 Å². The summed E-state index contributed by atoms with van der Waals surface area (Å²) in [6.07, 6.45) is 4.01. The second-order valence-corrected chi connectivity index (χ2v) is 4.56. The van der Waals surface area contributed by atoms with E-state index in [1.807, 2.05) is 0 Å². The van der Waals surface area contributed by atoms with Gasteiger partial charge in [-0.3, -0.25) is 0 Å². The van der Waals surface area contributed by atoms with Crippen molar-refractivity contribution in [1.82, 2.24) is 9.36 Å². The summed E-state index contributed by atoms with van der Waals surface area (Å²) in [4.78, 5) is 4.07. The smallest absolute Gasteiger partial charge is 0.169 e. The average molecular weight is 206 g/mol. The molecule has 0 bridgehead atoms. The third-order valence-electron chi connectivity index (χ3n) is 1.12. The fourth-order valence-electron chi connectivity index (χ4n) is 0.600. The van der Waals surface area contributed by atoms with Crippen LogP contribution < -0.4 is 0 Å². The standard InChI is InChI=1S/C6H10N2S3/c9-3-1-2-4-10-6-7-5-8-11-6/h5,9H,1-4H2. The largest absolute Gasteiger partial charge is 0.216 e. The Morgan fingerprint density at radius 1 is 1.55 bits per heavy atom. The molecule has 0 fully saturated rings. The summed E-state index contributed by atoms with van der Waals surface area (Å²) >= 11 is 7.38. The average Bonchev–Trinajstić information content (AvgIpc) is 2.50. The van der Waals surface area contributed by atoms with E-state index in [0.717, 1.165) is 15.8 Å².